The van der Waals surface area contributed by atoms with Crippen molar-refractivity contribution in [2.24, 2.45) is 0 Å². The zero-order valence-corrected chi connectivity index (χ0v) is 15.5. The molecule has 0 saturated heterocycles. The largest absolute Gasteiger partial charge is 0.486 e. The zero-order chi connectivity index (χ0) is 18.3. The molecule has 2 aliphatic heterocycles. The van der Waals surface area contributed by atoms with E-state index in [1.807, 2.05) is 49.9 Å². The number of aromatic nitrogens is 1. The minimum atomic E-state index is -0.284. The Morgan fingerprint density at radius 1 is 1.12 bits per heavy atom. The molecule has 1 atom stereocenters. The molecule has 6 nitrogen and oxygen atoms in total. The molecule has 0 bridgehead atoms. The van der Waals surface area contributed by atoms with Gasteiger partial charge in [-0.3, -0.25) is 0 Å². The van der Waals surface area contributed by atoms with Crippen molar-refractivity contribution in [3.8, 4) is 11.5 Å². The molecule has 2 aromatic rings. The van der Waals surface area contributed by atoms with Crippen LogP contribution >= 0.6 is 0 Å². The van der Waals surface area contributed by atoms with Crippen LogP contribution in [0.2, 0.25) is 0 Å². The van der Waals surface area contributed by atoms with Gasteiger partial charge in [0.2, 0.25) is 0 Å². The third-order valence-corrected chi connectivity index (χ3v) is 4.66. The van der Waals surface area contributed by atoms with E-state index in [-0.39, 0.29) is 17.6 Å². The van der Waals surface area contributed by atoms with E-state index in [4.69, 9.17) is 9.47 Å². The average molecular weight is 355 g/mol. The van der Waals surface area contributed by atoms with Gasteiger partial charge in [0.1, 0.15) is 13.2 Å². The maximum atomic E-state index is 13.0. The highest BCUT2D eigenvalue weighted by atomic mass is 16.6. The van der Waals surface area contributed by atoms with Crippen LogP contribution in [0.3, 0.4) is 0 Å². The highest BCUT2D eigenvalue weighted by Crippen LogP contribution is 2.38. The van der Waals surface area contributed by atoms with E-state index >= 15 is 0 Å². The first kappa shape index (κ1) is 16.8. The quantitative estimate of drug-likeness (QED) is 0.855. The van der Waals surface area contributed by atoms with Gasteiger partial charge in [0.05, 0.1) is 6.04 Å². The number of nitrogens with one attached hydrogen (secondary N) is 1. The van der Waals surface area contributed by atoms with Crippen LogP contribution in [0.4, 0.5) is 4.79 Å². The van der Waals surface area contributed by atoms with E-state index in [1.165, 1.54) is 0 Å². The van der Waals surface area contributed by atoms with E-state index in [1.54, 1.807) is 0 Å². The van der Waals surface area contributed by atoms with Gasteiger partial charge in [-0.1, -0.05) is 6.07 Å². The minimum Gasteiger partial charge on any atom is -0.486 e. The van der Waals surface area contributed by atoms with Crippen LogP contribution in [0, 0.1) is 0 Å². The lowest BCUT2D eigenvalue weighted by Gasteiger charge is -2.39. The lowest BCUT2D eigenvalue weighted by molar-refractivity contribution is 0.158. The van der Waals surface area contributed by atoms with Gasteiger partial charge < -0.3 is 24.3 Å². The number of benzene rings is 1. The molecule has 0 aliphatic carbocycles. The second-order valence-electron chi connectivity index (χ2n) is 7.81. The Labute approximate surface area is 153 Å². The summed E-state index contributed by atoms with van der Waals surface area (Å²) in [6, 6.07) is 9.87. The van der Waals surface area contributed by atoms with Crippen molar-refractivity contribution < 1.29 is 14.3 Å². The first-order chi connectivity index (χ1) is 12.4. The van der Waals surface area contributed by atoms with Gasteiger partial charge in [0.25, 0.3) is 0 Å². The summed E-state index contributed by atoms with van der Waals surface area (Å²) in [6.45, 7) is 8.55. The molecule has 1 aromatic carbocycles. The minimum absolute atomic E-state index is 0.0511. The van der Waals surface area contributed by atoms with Crippen molar-refractivity contribution >= 4 is 6.03 Å². The fourth-order valence-electron chi connectivity index (χ4n) is 3.58. The average Bonchev–Trinajstić information content (AvgIpc) is 3.07. The van der Waals surface area contributed by atoms with Gasteiger partial charge in [0.15, 0.2) is 11.5 Å². The second-order valence-corrected chi connectivity index (χ2v) is 7.81. The Balaban J connectivity index is 1.73. The molecule has 0 spiro atoms. The van der Waals surface area contributed by atoms with Gasteiger partial charge in [-0.25, -0.2) is 4.79 Å². The number of fused-ring (bicyclic) bond motifs is 2. The monoisotopic (exact) mass is 355 g/mol. The highest BCUT2D eigenvalue weighted by Gasteiger charge is 2.34. The molecule has 0 radical (unpaired) electrons. The molecule has 138 valence electrons. The molecule has 3 heterocycles. The SMILES string of the molecule is CC(C)(C)NC(=O)N1CCn2cccc2[C@H]1c1ccc2c(c1)OCCO2. The molecule has 1 aromatic heterocycles. The fraction of sp³-hybridized carbons (Fsp3) is 0.450. The van der Waals surface area contributed by atoms with E-state index in [2.05, 4.69) is 22.1 Å². The van der Waals surface area contributed by atoms with Crippen LogP contribution < -0.4 is 14.8 Å². The van der Waals surface area contributed by atoms with E-state index in [0.717, 1.165) is 29.3 Å². The first-order valence-corrected chi connectivity index (χ1v) is 9.06. The number of urea groups is 1. The van der Waals surface area contributed by atoms with Crippen molar-refractivity contribution in [3.63, 3.8) is 0 Å². The second kappa shape index (κ2) is 6.27. The number of hydrogen-bond donors (Lipinski definition) is 1. The highest BCUT2D eigenvalue weighted by molar-refractivity contribution is 5.76. The number of carbonyl (C=O) groups is 1. The van der Waals surface area contributed by atoms with E-state index in [0.29, 0.717) is 19.8 Å². The predicted octanol–water partition coefficient (Wildman–Crippen LogP) is 3.17. The summed E-state index contributed by atoms with van der Waals surface area (Å²) >= 11 is 0. The Bertz CT molecular complexity index is 822. The Morgan fingerprint density at radius 3 is 2.65 bits per heavy atom. The maximum Gasteiger partial charge on any atom is 0.318 e. The zero-order valence-electron chi connectivity index (χ0n) is 15.5. The van der Waals surface area contributed by atoms with Crippen LogP contribution in [-0.2, 0) is 6.54 Å². The Morgan fingerprint density at radius 2 is 1.88 bits per heavy atom. The summed E-state index contributed by atoms with van der Waals surface area (Å²) in [6.07, 6.45) is 2.07. The molecule has 0 unspecified atom stereocenters. The third-order valence-electron chi connectivity index (χ3n) is 4.66. The molecule has 0 fully saturated rings. The molecule has 26 heavy (non-hydrogen) atoms. The van der Waals surface area contributed by atoms with Crippen molar-refractivity contribution in [2.45, 2.75) is 38.9 Å². The van der Waals surface area contributed by atoms with Crippen molar-refractivity contribution in [1.82, 2.24) is 14.8 Å². The predicted molar refractivity (Wildman–Crippen MR) is 98.7 cm³/mol. The van der Waals surface area contributed by atoms with Crippen LogP contribution in [-0.4, -0.2) is 40.8 Å². The topological polar surface area (TPSA) is 55.7 Å². The number of hydrogen-bond acceptors (Lipinski definition) is 3. The number of nitrogens with zero attached hydrogens (tertiary/aromatic N) is 2. The molecular formula is C20H25N3O3. The number of amides is 2. The fourth-order valence-corrected chi connectivity index (χ4v) is 3.58. The van der Waals surface area contributed by atoms with Gasteiger partial charge >= 0.3 is 6.03 Å². The van der Waals surface area contributed by atoms with Crippen LogP contribution in [0.15, 0.2) is 36.5 Å². The molecule has 2 amide bonds. The number of rotatable bonds is 1. The van der Waals surface area contributed by atoms with Crippen LogP contribution in [0.1, 0.15) is 38.1 Å². The summed E-state index contributed by atoms with van der Waals surface area (Å²) in [5.41, 5.74) is 1.85. The van der Waals surface area contributed by atoms with Gasteiger partial charge in [-0.05, 0) is 50.6 Å². The van der Waals surface area contributed by atoms with Gasteiger partial charge in [0, 0.05) is 30.5 Å². The molecule has 4 rings (SSSR count). The van der Waals surface area contributed by atoms with E-state index in [9.17, 15) is 4.79 Å². The molecular weight excluding hydrogens is 330 g/mol. The normalized spacial score (nSPS) is 19.0. The van der Waals surface area contributed by atoms with Crippen molar-refractivity contribution in [3.05, 3.63) is 47.8 Å². The molecule has 2 aliphatic rings. The lowest BCUT2D eigenvalue weighted by Crippen LogP contribution is -2.52. The Hall–Kier alpha value is -2.63. The van der Waals surface area contributed by atoms with Crippen molar-refractivity contribution in [1.29, 1.82) is 0 Å². The summed E-state index contributed by atoms with van der Waals surface area (Å²) < 4.78 is 13.6. The number of carbonyl (C=O) groups excluding carboxylic acids is 1. The Kier molecular flexibility index (Phi) is 4.05. The first-order valence-electron chi connectivity index (χ1n) is 9.06. The van der Waals surface area contributed by atoms with E-state index < -0.39 is 0 Å². The molecule has 1 N–H and O–H groups in total. The van der Waals surface area contributed by atoms with Gasteiger partial charge in [-0.2, -0.15) is 0 Å². The third kappa shape index (κ3) is 3.11. The standard InChI is InChI=1S/C20H25N3O3/c1-20(2,3)21-19(24)23-10-9-22-8-4-5-15(22)18(23)14-6-7-16-17(13-14)26-12-11-25-16/h4-8,13,18H,9-12H2,1-3H3,(H,21,24)/t18-/m1/s1. The molecule has 6 heteroatoms. The van der Waals surface area contributed by atoms with Crippen molar-refractivity contribution in [2.75, 3.05) is 19.8 Å². The summed E-state index contributed by atoms with van der Waals surface area (Å²) in [5.74, 6) is 1.51. The summed E-state index contributed by atoms with van der Waals surface area (Å²) in [5, 5.41) is 3.10. The lowest BCUT2D eigenvalue weighted by atomic mass is 9.99. The maximum absolute atomic E-state index is 13.0. The smallest absolute Gasteiger partial charge is 0.318 e. The molecule has 0 saturated carbocycles. The van der Waals surface area contributed by atoms with Gasteiger partial charge in [-0.15, -0.1) is 0 Å². The number of ether oxygens (including phenoxy) is 2. The summed E-state index contributed by atoms with van der Waals surface area (Å²) in [7, 11) is 0. The van der Waals surface area contributed by atoms with Crippen LogP contribution in [0.5, 0.6) is 11.5 Å². The van der Waals surface area contributed by atoms with Crippen LogP contribution in [0.25, 0.3) is 0 Å². The summed E-state index contributed by atoms with van der Waals surface area (Å²) in [4.78, 5) is 14.9.